The zero-order chi connectivity index (χ0) is 14.3. The van der Waals surface area contributed by atoms with E-state index in [1.807, 2.05) is 18.2 Å². The van der Waals surface area contributed by atoms with Crippen molar-refractivity contribution in [2.45, 2.75) is 12.8 Å². The minimum Gasteiger partial charge on any atom is -0.476 e. The molecule has 6 nitrogen and oxygen atoms in total. The number of carbonyl (C=O) groups is 2. The number of carboxylic acids is 1. The van der Waals surface area contributed by atoms with E-state index in [9.17, 15) is 9.59 Å². The molecule has 0 radical (unpaired) electrons. The molecule has 102 valence electrons. The summed E-state index contributed by atoms with van der Waals surface area (Å²) in [6, 6.07) is 7.21. The Morgan fingerprint density at radius 1 is 1.35 bits per heavy atom. The predicted molar refractivity (Wildman–Crippen MR) is 72.6 cm³/mol. The number of carboxylic acid groups (broad SMARTS) is 1. The van der Waals surface area contributed by atoms with Crippen LogP contribution in [0.4, 0.5) is 5.69 Å². The lowest BCUT2D eigenvalue weighted by Crippen LogP contribution is -2.18. The van der Waals surface area contributed by atoms with Crippen LogP contribution in [0, 0.1) is 0 Å². The first-order valence-corrected chi connectivity index (χ1v) is 6.25. The average molecular weight is 271 g/mol. The molecule has 0 atom stereocenters. The van der Waals surface area contributed by atoms with Gasteiger partial charge in [-0.2, -0.15) is 5.10 Å². The molecule has 0 spiro atoms. The number of benzene rings is 1. The summed E-state index contributed by atoms with van der Waals surface area (Å²) < 4.78 is 1.55. The van der Waals surface area contributed by atoms with Gasteiger partial charge in [0.1, 0.15) is 0 Å². The van der Waals surface area contributed by atoms with Gasteiger partial charge < -0.3 is 10.4 Å². The molecule has 1 aliphatic rings. The minimum absolute atomic E-state index is 0.0218. The highest BCUT2D eigenvalue weighted by molar-refractivity contribution is 5.94. The number of rotatable bonds is 2. The number of anilines is 1. The van der Waals surface area contributed by atoms with Crippen LogP contribution in [0.25, 0.3) is 11.3 Å². The maximum Gasteiger partial charge on any atom is 0.356 e. The summed E-state index contributed by atoms with van der Waals surface area (Å²) >= 11 is 0. The molecule has 1 aromatic carbocycles. The molecule has 0 fully saturated rings. The van der Waals surface area contributed by atoms with Crippen LogP contribution in [0.15, 0.2) is 24.3 Å². The van der Waals surface area contributed by atoms with Crippen molar-refractivity contribution < 1.29 is 14.7 Å². The van der Waals surface area contributed by atoms with Crippen LogP contribution in [0.5, 0.6) is 0 Å². The van der Waals surface area contributed by atoms with E-state index in [1.165, 1.54) is 0 Å². The SMILES string of the molecule is Cn1nc(C(=O)O)cc1-c1ccc2c(c1)CCC(=O)N2. The third-order valence-corrected chi connectivity index (χ3v) is 3.40. The van der Waals surface area contributed by atoms with Gasteiger partial charge in [0.25, 0.3) is 0 Å². The summed E-state index contributed by atoms with van der Waals surface area (Å²) in [5, 5.41) is 15.7. The Balaban J connectivity index is 2.03. The largest absolute Gasteiger partial charge is 0.476 e. The number of aryl methyl sites for hydroxylation is 2. The van der Waals surface area contributed by atoms with Gasteiger partial charge in [0, 0.05) is 24.7 Å². The van der Waals surface area contributed by atoms with E-state index in [4.69, 9.17) is 5.11 Å². The molecule has 1 amide bonds. The molecular formula is C14H13N3O3. The fourth-order valence-corrected chi connectivity index (χ4v) is 2.38. The summed E-state index contributed by atoms with van der Waals surface area (Å²) in [5.41, 5.74) is 3.53. The fraction of sp³-hybridized carbons (Fsp3) is 0.214. The molecule has 0 saturated carbocycles. The molecule has 2 heterocycles. The number of hydrogen-bond acceptors (Lipinski definition) is 3. The molecule has 0 bridgehead atoms. The van der Waals surface area contributed by atoms with Crippen LogP contribution in [0.2, 0.25) is 0 Å². The number of fused-ring (bicyclic) bond motifs is 1. The Bertz CT molecular complexity index is 718. The number of aromatic nitrogens is 2. The number of amides is 1. The van der Waals surface area contributed by atoms with Gasteiger partial charge >= 0.3 is 5.97 Å². The molecule has 2 N–H and O–H groups in total. The van der Waals surface area contributed by atoms with Crippen LogP contribution >= 0.6 is 0 Å². The monoisotopic (exact) mass is 271 g/mol. The van der Waals surface area contributed by atoms with Crippen molar-refractivity contribution in [2.75, 3.05) is 5.32 Å². The summed E-state index contributed by atoms with van der Waals surface area (Å²) in [4.78, 5) is 22.3. The van der Waals surface area contributed by atoms with Gasteiger partial charge in [-0.15, -0.1) is 0 Å². The normalized spacial score (nSPS) is 13.8. The first-order chi connectivity index (χ1) is 9.54. The summed E-state index contributed by atoms with van der Waals surface area (Å²) in [7, 11) is 1.71. The Hall–Kier alpha value is -2.63. The topological polar surface area (TPSA) is 84.2 Å². The molecule has 0 saturated heterocycles. The smallest absolute Gasteiger partial charge is 0.356 e. The first-order valence-electron chi connectivity index (χ1n) is 6.25. The fourth-order valence-electron chi connectivity index (χ4n) is 2.38. The molecule has 6 heteroatoms. The van der Waals surface area contributed by atoms with E-state index in [-0.39, 0.29) is 11.6 Å². The van der Waals surface area contributed by atoms with E-state index in [0.29, 0.717) is 12.8 Å². The zero-order valence-corrected chi connectivity index (χ0v) is 10.9. The van der Waals surface area contributed by atoms with Crippen molar-refractivity contribution in [1.82, 2.24) is 9.78 Å². The third kappa shape index (κ3) is 2.05. The van der Waals surface area contributed by atoms with E-state index in [1.54, 1.807) is 17.8 Å². The lowest BCUT2D eigenvalue weighted by atomic mass is 9.99. The second-order valence-corrected chi connectivity index (χ2v) is 4.76. The first kappa shape index (κ1) is 12.4. The van der Waals surface area contributed by atoms with Crippen molar-refractivity contribution in [1.29, 1.82) is 0 Å². The summed E-state index contributed by atoms with van der Waals surface area (Å²) in [6.07, 6.45) is 1.17. The highest BCUT2D eigenvalue weighted by Gasteiger charge is 2.17. The van der Waals surface area contributed by atoms with E-state index < -0.39 is 5.97 Å². The number of nitrogens with one attached hydrogen (secondary N) is 1. The molecule has 1 aliphatic heterocycles. The van der Waals surface area contributed by atoms with Gasteiger partial charge in [-0.1, -0.05) is 6.07 Å². The third-order valence-electron chi connectivity index (χ3n) is 3.40. The van der Waals surface area contributed by atoms with Crippen LogP contribution in [-0.2, 0) is 18.3 Å². The average Bonchev–Trinajstić information content (AvgIpc) is 2.80. The Kier molecular flexibility index (Phi) is 2.78. The van der Waals surface area contributed by atoms with Crippen molar-refractivity contribution in [3.63, 3.8) is 0 Å². The number of aromatic carboxylic acids is 1. The lowest BCUT2D eigenvalue weighted by molar-refractivity contribution is -0.116. The van der Waals surface area contributed by atoms with Gasteiger partial charge in [0.2, 0.25) is 5.91 Å². The number of nitrogens with zero attached hydrogens (tertiary/aromatic N) is 2. The Labute approximate surface area is 115 Å². The van der Waals surface area contributed by atoms with E-state index >= 15 is 0 Å². The van der Waals surface area contributed by atoms with Crippen LogP contribution in [0.1, 0.15) is 22.5 Å². The van der Waals surface area contributed by atoms with E-state index in [2.05, 4.69) is 10.4 Å². The van der Waals surface area contributed by atoms with Crippen LogP contribution in [-0.4, -0.2) is 26.8 Å². The van der Waals surface area contributed by atoms with Crippen molar-refractivity contribution >= 4 is 17.6 Å². The van der Waals surface area contributed by atoms with E-state index in [0.717, 1.165) is 22.5 Å². The molecule has 20 heavy (non-hydrogen) atoms. The molecular weight excluding hydrogens is 258 g/mol. The minimum atomic E-state index is -1.04. The summed E-state index contributed by atoms with van der Waals surface area (Å²) in [6.45, 7) is 0. The van der Waals surface area contributed by atoms with Gasteiger partial charge in [-0.05, 0) is 30.2 Å². The maximum atomic E-state index is 11.3. The van der Waals surface area contributed by atoms with Crippen molar-refractivity contribution in [3.05, 3.63) is 35.5 Å². The standard InChI is InChI=1S/C14H13N3O3/c1-17-12(7-11(16-17)14(19)20)9-2-4-10-8(6-9)3-5-13(18)15-10/h2,4,6-7H,3,5H2,1H3,(H,15,18)(H,19,20). The summed E-state index contributed by atoms with van der Waals surface area (Å²) in [5.74, 6) is -1.02. The van der Waals surface area contributed by atoms with Crippen molar-refractivity contribution in [3.8, 4) is 11.3 Å². The lowest BCUT2D eigenvalue weighted by Gasteiger charge is -2.17. The van der Waals surface area contributed by atoms with Crippen LogP contribution in [0.3, 0.4) is 0 Å². The second-order valence-electron chi connectivity index (χ2n) is 4.76. The Morgan fingerprint density at radius 3 is 2.85 bits per heavy atom. The van der Waals surface area contributed by atoms with Gasteiger partial charge in [0.15, 0.2) is 5.69 Å². The van der Waals surface area contributed by atoms with Gasteiger partial charge in [-0.25, -0.2) is 4.79 Å². The Morgan fingerprint density at radius 2 is 2.15 bits per heavy atom. The maximum absolute atomic E-state index is 11.3. The number of carbonyl (C=O) groups excluding carboxylic acids is 1. The zero-order valence-electron chi connectivity index (χ0n) is 10.9. The number of hydrogen-bond donors (Lipinski definition) is 2. The van der Waals surface area contributed by atoms with Gasteiger partial charge in [-0.3, -0.25) is 9.48 Å². The molecule has 2 aromatic rings. The van der Waals surface area contributed by atoms with Gasteiger partial charge in [0.05, 0.1) is 5.69 Å². The highest BCUT2D eigenvalue weighted by Crippen LogP contribution is 2.28. The molecule has 1 aromatic heterocycles. The second kappa shape index (κ2) is 4.48. The van der Waals surface area contributed by atoms with Crippen LogP contribution < -0.4 is 5.32 Å². The highest BCUT2D eigenvalue weighted by atomic mass is 16.4. The molecule has 3 rings (SSSR count). The predicted octanol–water partition coefficient (Wildman–Crippen LogP) is 1.67. The molecule has 0 unspecified atom stereocenters. The van der Waals surface area contributed by atoms with Crippen molar-refractivity contribution in [2.24, 2.45) is 7.05 Å². The quantitative estimate of drug-likeness (QED) is 0.870. The molecule has 0 aliphatic carbocycles.